The fourth-order valence-electron chi connectivity index (χ4n) is 2.98. The zero-order valence-electron chi connectivity index (χ0n) is 14.1. The lowest BCUT2D eigenvalue weighted by Crippen LogP contribution is -2.30. The summed E-state index contributed by atoms with van der Waals surface area (Å²) in [6.45, 7) is 2.37. The van der Waals surface area contributed by atoms with E-state index in [-0.39, 0.29) is 17.5 Å². The van der Waals surface area contributed by atoms with Crippen molar-refractivity contribution in [3.05, 3.63) is 53.1 Å². The molecule has 2 aromatic carbocycles. The van der Waals surface area contributed by atoms with Crippen molar-refractivity contribution < 1.29 is 14.9 Å². The van der Waals surface area contributed by atoms with E-state index in [4.69, 9.17) is 4.74 Å². The average molecular weight is 328 g/mol. The predicted octanol–water partition coefficient (Wildman–Crippen LogP) is 2.27. The van der Waals surface area contributed by atoms with Crippen LogP contribution in [0.3, 0.4) is 0 Å². The number of phenolic OH excluding ortho intramolecular Hbond substituents is 2. The Morgan fingerprint density at radius 3 is 2.54 bits per heavy atom. The molecule has 5 heteroatoms. The van der Waals surface area contributed by atoms with Gasteiger partial charge in [0.1, 0.15) is 12.4 Å². The number of ether oxygens (including phenoxy) is 1. The van der Waals surface area contributed by atoms with E-state index in [1.54, 1.807) is 12.1 Å². The van der Waals surface area contributed by atoms with Crippen molar-refractivity contribution in [1.82, 2.24) is 10.2 Å². The van der Waals surface area contributed by atoms with E-state index >= 15 is 0 Å². The number of nitrogens with one attached hydrogen (secondary N) is 1. The van der Waals surface area contributed by atoms with Crippen molar-refractivity contribution in [2.24, 2.45) is 0 Å². The van der Waals surface area contributed by atoms with Crippen LogP contribution in [0.25, 0.3) is 0 Å². The molecular formula is C19H24N2O3. The van der Waals surface area contributed by atoms with Gasteiger partial charge < -0.3 is 25.2 Å². The highest BCUT2D eigenvalue weighted by Gasteiger charge is 2.23. The molecule has 0 spiro atoms. The van der Waals surface area contributed by atoms with Crippen LogP contribution >= 0.6 is 0 Å². The van der Waals surface area contributed by atoms with Gasteiger partial charge in [-0.2, -0.15) is 0 Å². The van der Waals surface area contributed by atoms with Gasteiger partial charge >= 0.3 is 0 Å². The normalized spacial score (nSPS) is 16.9. The second kappa shape index (κ2) is 7.11. The fraction of sp³-hybridized carbons (Fsp3) is 0.368. The second-order valence-electron chi connectivity index (χ2n) is 6.40. The summed E-state index contributed by atoms with van der Waals surface area (Å²) in [5.41, 5.74) is 3.19. The third kappa shape index (κ3) is 3.63. The van der Waals surface area contributed by atoms with E-state index in [2.05, 4.69) is 10.2 Å². The first kappa shape index (κ1) is 16.6. The number of rotatable bonds is 5. The summed E-state index contributed by atoms with van der Waals surface area (Å²) in [6, 6.07) is 11.4. The molecule has 1 heterocycles. The maximum Gasteiger partial charge on any atom is 0.157 e. The molecule has 0 radical (unpaired) electrons. The number of fused-ring (bicyclic) bond motifs is 1. The maximum absolute atomic E-state index is 9.82. The highest BCUT2D eigenvalue weighted by Crippen LogP contribution is 2.36. The summed E-state index contributed by atoms with van der Waals surface area (Å²) < 4.78 is 5.73. The van der Waals surface area contributed by atoms with Gasteiger partial charge in [0.2, 0.25) is 0 Å². The van der Waals surface area contributed by atoms with Gasteiger partial charge in [0.05, 0.1) is 6.04 Å². The molecule has 0 amide bonds. The number of benzene rings is 2. The molecular weight excluding hydrogens is 304 g/mol. The SMILES string of the molecule is CN(C)CCOc1ccc(C2NCCc3cc(O)c(O)cc32)cc1. The number of nitrogens with zero attached hydrogens (tertiary/aromatic N) is 1. The van der Waals surface area contributed by atoms with Crippen LogP contribution in [0.1, 0.15) is 22.7 Å². The maximum atomic E-state index is 9.82. The topological polar surface area (TPSA) is 65.0 Å². The third-order valence-electron chi connectivity index (χ3n) is 4.31. The quantitative estimate of drug-likeness (QED) is 0.735. The van der Waals surface area contributed by atoms with Gasteiger partial charge in [-0.3, -0.25) is 0 Å². The molecule has 0 saturated carbocycles. The molecule has 0 aromatic heterocycles. The molecule has 3 N–H and O–H groups in total. The van der Waals surface area contributed by atoms with E-state index in [9.17, 15) is 10.2 Å². The molecule has 3 rings (SSSR count). The van der Waals surface area contributed by atoms with E-state index in [1.807, 2.05) is 38.4 Å². The zero-order valence-corrected chi connectivity index (χ0v) is 14.1. The van der Waals surface area contributed by atoms with Crippen molar-refractivity contribution in [2.75, 3.05) is 33.8 Å². The van der Waals surface area contributed by atoms with Crippen LogP contribution in [0.5, 0.6) is 17.2 Å². The molecule has 0 bridgehead atoms. The smallest absolute Gasteiger partial charge is 0.157 e. The van der Waals surface area contributed by atoms with Crippen molar-refractivity contribution >= 4 is 0 Å². The first-order valence-corrected chi connectivity index (χ1v) is 8.20. The van der Waals surface area contributed by atoms with Crippen molar-refractivity contribution in [2.45, 2.75) is 12.5 Å². The number of phenols is 2. The monoisotopic (exact) mass is 328 g/mol. The molecule has 0 saturated heterocycles. The second-order valence-corrected chi connectivity index (χ2v) is 6.40. The molecule has 5 nitrogen and oxygen atoms in total. The summed E-state index contributed by atoms with van der Waals surface area (Å²) in [4.78, 5) is 2.08. The number of likely N-dealkylation sites (N-methyl/N-ethyl adjacent to an activating group) is 1. The lowest BCUT2D eigenvalue weighted by atomic mass is 9.89. The van der Waals surface area contributed by atoms with Crippen molar-refractivity contribution in [1.29, 1.82) is 0 Å². The summed E-state index contributed by atoms with van der Waals surface area (Å²) in [5.74, 6) is 0.718. The third-order valence-corrected chi connectivity index (χ3v) is 4.31. The van der Waals surface area contributed by atoms with E-state index in [1.165, 1.54) is 0 Å². The Hall–Kier alpha value is -2.24. The van der Waals surface area contributed by atoms with Crippen LogP contribution in [0.4, 0.5) is 0 Å². The van der Waals surface area contributed by atoms with Crippen molar-refractivity contribution in [3.8, 4) is 17.2 Å². The van der Waals surface area contributed by atoms with Gasteiger partial charge in [-0.25, -0.2) is 0 Å². The van der Waals surface area contributed by atoms with Gasteiger partial charge in [0, 0.05) is 13.1 Å². The molecule has 1 aliphatic heterocycles. The fourth-order valence-corrected chi connectivity index (χ4v) is 2.98. The lowest BCUT2D eigenvalue weighted by Gasteiger charge is -2.28. The summed E-state index contributed by atoms with van der Waals surface area (Å²) in [7, 11) is 4.04. The molecule has 0 fully saturated rings. The first-order chi connectivity index (χ1) is 11.5. The predicted molar refractivity (Wildman–Crippen MR) is 93.8 cm³/mol. The van der Waals surface area contributed by atoms with Gasteiger partial charge in [-0.1, -0.05) is 12.1 Å². The van der Waals surface area contributed by atoms with Crippen LogP contribution in [-0.4, -0.2) is 48.9 Å². The average Bonchev–Trinajstić information content (AvgIpc) is 2.56. The van der Waals surface area contributed by atoms with Crippen LogP contribution in [0.15, 0.2) is 36.4 Å². The van der Waals surface area contributed by atoms with Crippen LogP contribution < -0.4 is 10.1 Å². The Balaban J connectivity index is 1.77. The number of hydrogen-bond donors (Lipinski definition) is 3. The minimum atomic E-state index is -0.0777. The molecule has 0 aliphatic carbocycles. The van der Waals surface area contributed by atoms with Gasteiger partial charge in [-0.05, 0) is 61.5 Å². The Kier molecular flexibility index (Phi) is 4.92. The zero-order chi connectivity index (χ0) is 17.1. The van der Waals surface area contributed by atoms with Crippen molar-refractivity contribution in [3.63, 3.8) is 0 Å². The van der Waals surface area contributed by atoms with Gasteiger partial charge in [0.15, 0.2) is 11.5 Å². The highest BCUT2D eigenvalue weighted by molar-refractivity contribution is 5.50. The molecule has 24 heavy (non-hydrogen) atoms. The Labute approximate surface area is 142 Å². The van der Waals surface area contributed by atoms with Crippen LogP contribution in [0, 0.1) is 0 Å². The minimum absolute atomic E-state index is 0.0103. The molecule has 1 aliphatic rings. The summed E-state index contributed by atoms with van der Waals surface area (Å²) in [5, 5.41) is 23.0. The standard InChI is InChI=1S/C19H24N2O3/c1-21(2)9-10-24-15-5-3-13(4-6-15)19-16-12-18(23)17(22)11-14(16)7-8-20-19/h3-6,11-12,19-20,22-23H,7-10H2,1-2H3. The van der Waals surface area contributed by atoms with Gasteiger partial charge in [-0.15, -0.1) is 0 Å². The molecule has 1 atom stereocenters. The van der Waals surface area contributed by atoms with E-state index < -0.39 is 0 Å². The largest absolute Gasteiger partial charge is 0.504 e. The minimum Gasteiger partial charge on any atom is -0.504 e. The van der Waals surface area contributed by atoms with E-state index in [0.29, 0.717) is 6.61 Å². The lowest BCUT2D eigenvalue weighted by molar-refractivity contribution is 0.261. The number of hydrogen-bond acceptors (Lipinski definition) is 5. The van der Waals surface area contributed by atoms with Gasteiger partial charge in [0.25, 0.3) is 0 Å². The number of aromatic hydroxyl groups is 2. The molecule has 1 unspecified atom stereocenters. The Bertz CT molecular complexity index is 699. The Morgan fingerprint density at radius 1 is 1.12 bits per heavy atom. The molecule has 128 valence electrons. The van der Waals surface area contributed by atoms with Crippen LogP contribution in [-0.2, 0) is 6.42 Å². The Morgan fingerprint density at radius 2 is 1.83 bits per heavy atom. The molecule has 2 aromatic rings. The summed E-state index contributed by atoms with van der Waals surface area (Å²) in [6.07, 6.45) is 0.839. The highest BCUT2D eigenvalue weighted by atomic mass is 16.5. The van der Waals surface area contributed by atoms with Crippen LogP contribution in [0.2, 0.25) is 0 Å². The first-order valence-electron chi connectivity index (χ1n) is 8.20. The van der Waals surface area contributed by atoms with E-state index in [0.717, 1.165) is 42.0 Å². The summed E-state index contributed by atoms with van der Waals surface area (Å²) >= 11 is 0.